The third kappa shape index (κ3) is 2.26. The molecule has 118 valence electrons. The Morgan fingerprint density at radius 3 is 2.65 bits per heavy atom. The summed E-state index contributed by atoms with van der Waals surface area (Å²) >= 11 is 0. The zero-order valence-electron chi connectivity index (χ0n) is 14.0. The van der Waals surface area contributed by atoms with Gasteiger partial charge in [0, 0.05) is 12.5 Å². The zero-order valence-corrected chi connectivity index (χ0v) is 14.0. The van der Waals surface area contributed by atoms with E-state index in [0.717, 1.165) is 25.7 Å². The van der Waals surface area contributed by atoms with Gasteiger partial charge in [-0.2, -0.15) is 0 Å². The molecule has 4 rings (SSSR count). The summed E-state index contributed by atoms with van der Waals surface area (Å²) in [6, 6.07) is 13.5. The third-order valence-electron chi connectivity index (χ3n) is 5.90. The summed E-state index contributed by atoms with van der Waals surface area (Å²) in [5.74, 6) is 0.475. The molecule has 0 saturated heterocycles. The smallest absolute Gasteiger partial charge is 0.0468 e. The van der Waals surface area contributed by atoms with Crippen LogP contribution in [0.4, 0.5) is 0 Å². The third-order valence-corrected chi connectivity index (χ3v) is 5.90. The van der Waals surface area contributed by atoms with E-state index >= 15 is 0 Å². The van der Waals surface area contributed by atoms with Gasteiger partial charge in [-0.05, 0) is 66.0 Å². The van der Waals surface area contributed by atoms with E-state index in [2.05, 4.69) is 50.2 Å². The quantitative estimate of drug-likeness (QED) is 0.789. The fraction of sp³-hybridized carbons (Fsp3) is 0.364. The molecule has 1 nitrogen and oxygen atoms in total. The lowest BCUT2D eigenvalue weighted by Gasteiger charge is -2.32. The van der Waals surface area contributed by atoms with Crippen molar-refractivity contribution in [2.24, 2.45) is 0 Å². The summed E-state index contributed by atoms with van der Waals surface area (Å²) in [6.07, 6.45) is 4.13. The van der Waals surface area contributed by atoms with Crippen molar-refractivity contribution < 1.29 is 5.11 Å². The zero-order chi connectivity index (χ0) is 16.0. The van der Waals surface area contributed by atoms with Crippen LogP contribution in [0.5, 0.6) is 0 Å². The largest absolute Gasteiger partial charge is 0.396 e. The van der Waals surface area contributed by atoms with Gasteiger partial charge in [0.2, 0.25) is 0 Å². The van der Waals surface area contributed by atoms with Gasteiger partial charge in [-0.15, -0.1) is 0 Å². The minimum atomic E-state index is 0.257. The average Bonchev–Trinajstić information content (AvgIpc) is 2.59. The Hall–Kier alpha value is -1.86. The van der Waals surface area contributed by atoms with Gasteiger partial charge in [0.1, 0.15) is 0 Å². The Labute approximate surface area is 138 Å². The van der Waals surface area contributed by atoms with Crippen molar-refractivity contribution in [3.63, 3.8) is 0 Å². The lowest BCUT2D eigenvalue weighted by molar-refractivity contribution is 0.297. The van der Waals surface area contributed by atoms with Crippen molar-refractivity contribution in [3.05, 3.63) is 69.8 Å². The van der Waals surface area contributed by atoms with Crippen LogP contribution in [-0.2, 0) is 19.3 Å². The summed E-state index contributed by atoms with van der Waals surface area (Å²) in [6.45, 7) is 4.81. The highest BCUT2D eigenvalue weighted by Crippen LogP contribution is 2.43. The molecular weight excluding hydrogens is 280 g/mol. The van der Waals surface area contributed by atoms with Crippen molar-refractivity contribution in [1.82, 2.24) is 0 Å². The van der Waals surface area contributed by atoms with Gasteiger partial charge in [0.25, 0.3) is 0 Å². The first-order valence-electron chi connectivity index (χ1n) is 8.73. The highest BCUT2D eigenvalue weighted by Gasteiger charge is 2.27. The van der Waals surface area contributed by atoms with Crippen molar-refractivity contribution in [2.75, 3.05) is 6.61 Å². The van der Waals surface area contributed by atoms with Crippen molar-refractivity contribution in [2.45, 2.75) is 45.4 Å². The van der Waals surface area contributed by atoms with Gasteiger partial charge in [0.15, 0.2) is 0 Å². The van der Waals surface area contributed by atoms with E-state index in [1.165, 1.54) is 33.4 Å². The maximum atomic E-state index is 9.40. The molecule has 0 radical (unpaired) electrons. The normalized spacial score (nSPS) is 19.2. The molecule has 23 heavy (non-hydrogen) atoms. The van der Waals surface area contributed by atoms with Crippen LogP contribution < -0.4 is 0 Å². The number of allylic oxidation sites excluding steroid dienone is 1. The van der Waals surface area contributed by atoms with Gasteiger partial charge >= 0.3 is 0 Å². The molecule has 0 bridgehead atoms. The van der Waals surface area contributed by atoms with E-state index in [0.29, 0.717) is 5.92 Å². The van der Waals surface area contributed by atoms with Crippen LogP contribution in [0, 0.1) is 0 Å². The molecule has 2 aliphatic rings. The second-order valence-corrected chi connectivity index (χ2v) is 6.98. The molecular formula is C22H24O. The van der Waals surface area contributed by atoms with Crippen molar-refractivity contribution >= 4 is 0 Å². The van der Waals surface area contributed by atoms with Gasteiger partial charge < -0.3 is 5.11 Å². The van der Waals surface area contributed by atoms with Crippen molar-refractivity contribution in [1.29, 1.82) is 0 Å². The maximum absolute atomic E-state index is 9.40. The van der Waals surface area contributed by atoms with Crippen LogP contribution in [0.1, 0.15) is 48.4 Å². The Morgan fingerprint density at radius 2 is 1.83 bits per heavy atom. The number of fused-ring (bicyclic) bond motifs is 5. The number of benzene rings is 2. The summed E-state index contributed by atoms with van der Waals surface area (Å²) in [5, 5.41) is 9.40. The van der Waals surface area contributed by atoms with Crippen LogP contribution in [-0.4, -0.2) is 11.7 Å². The fourth-order valence-electron chi connectivity index (χ4n) is 4.44. The summed E-state index contributed by atoms with van der Waals surface area (Å²) in [7, 11) is 0. The SMILES string of the molecule is CC1=C(CCO)Cc2c(ccc3c2CCc2ccccc2-3)C1C. The van der Waals surface area contributed by atoms with Gasteiger partial charge in [-0.25, -0.2) is 0 Å². The van der Waals surface area contributed by atoms with Gasteiger partial charge in [-0.3, -0.25) is 0 Å². The molecule has 0 amide bonds. The second kappa shape index (κ2) is 5.65. The van der Waals surface area contributed by atoms with Crippen LogP contribution in [0.2, 0.25) is 0 Å². The van der Waals surface area contributed by atoms with Crippen LogP contribution in [0.3, 0.4) is 0 Å². The topological polar surface area (TPSA) is 20.2 Å². The lowest BCUT2D eigenvalue weighted by Crippen LogP contribution is -2.17. The minimum absolute atomic E-state index is 0.257. The first kappa shape index (κ1) is 14.7. The molecule has 2 aromatic rings. The number of hydrogen-bond donors (Lipinski definition) is 1. The molecule has 1 unspecified atom stereocenters. The Morgan fingerprint density at radius 1 is 1.00 bits per heavy atom. The number of rotatable bonds is 2. The molecule has 0 aromatic heterocycles. The van der Waals surface area contributed by atoms with E-state index in [-0.39, 0.29) is 6.61 Å². The number of hydrogen-bond acceptors (Lipinski definition) is 1. The highest BCUT2D eigenvalue weighted by molar-refractivity contribution is 5.75. The number of aliphatic hydroxyl groups excluding tert-OH is 1. The molecule has 0 fully saturated rings. The predicted octanol–water partition coefficient (Wildman–Crippen LogP) is 4.81. The van der Waals surface area contributed by atoms with E-state index in [1.54, 1.807) is 11.1 Å². The predicted molar refractivity (Wildman–Crippen MR) is 95.8 cm³/mol. The molecule has 1 N–H and O–H groups in total. The Bertz CT molecular complexity index is 798. The number of aryl methyl sites for hydroxylation is 1. The fourth-order valence-corrected chi connectivity index (χ4v) is 4.44. The first-order valence-corrected chi connectivity index (χ1v) is 8.73. The monoisotopic (exact) mass is 304 g/mol. The Kier molecular flexibility index (Phi) is 3.61. The van der Waals surface area contributed by atoms with Crippen LogP contribution in [0.25, 0.3) is 11.1 Å². The molecule has 2 aromatic carbocycles. The van der Waals surface area contributed by atoms with E-state index in [4.69, 9.17) is 0 Å². The molecule has 0 spiro atoms. The summed E-state index contributed by atoms with van der Waals surface area (Å²) in [5.41, 5.74) is 11.8. The second-order valence-electron chi connectivity index (χ2n) is 6.98. The maximum Gasteiger partial charge on any atom is 0.0468 e. The minimum Gasteiger partial charge on any atom is -0.396 e. The molecule has 1 heteroatoms. The summed E-state index contributed by atoms with van der Waals surface area (Å²) in [4.78, 5) is 0. The number of aliphatic hydroxyl groups is 1. The van der Waals surface area contributed by atoms with E-state index in [9.17, 15) is 5.11 Å². The summed E-state index contributed by atoms with van der Waals surface area (Å²) < 4.78 is 0. The van der Waals surface area contributed by atoms with Gasteiger partial charge in [-0.1, -0.05) is 54.5 Å². The lowest BCUT2D eigenvalue weighted by atomic mass is 9.73. The average molecular weight is 304 g/mol. The molecule has 0 saturated carbocycles. The Balaban J connectivity index is 1.87. The highest BCUT2D eigenvalue weighted by atomic mass is 16.2. The van der Waals surface area contributed by atoms with Gasteiger partial charge in [0.05, 0.1) is 0 Å². The molecule has 2 aliphatic carbocycles. The molecule has 0 aliphatic heterocycles. The van der Waals surface area contributed by atoms with E-state index < -0.39 is 0 Å². The first-order chi connectivity index (χ1) is 11.2. The molecule has 1 atom stereocenters. The molecule has 0 heterocycles. The standard InChI is InChI=1S/C22H24O/c1-14-15(2)18-9-10-20-19-6-4-3-5-16(19)7-8-21(20)22(18)13-17(14)11-12-23/h3-6,9-10,15,23H,7-8,11-13H2,1-2H3. The van der Waals surface area contributed by atoms with Crippen LogP contribution >= 0.6 is 0 Å². The van der Waals surface area contributed by atoms with Crippen LogP contribution in [0.15, 0.2) is 47.5 Å². The van der Waals surface area contributed by atoms with E-state index in [1.807, 2.05) is 0 Å². The van der Waals surface area contributed by atoms with Crippen molar-refractivity contribution in [3.8, 4) is 11.1 Å².